The third-order valence-corrected chi connectivity index (χ3v) is 5.50. The van der Waals surface area contributed by atoms with E-state index in [1.807, 2.05) is 35.2 Å². The SMILES string of the molecule is CCC(C(=O)N(CCOC)Cc1cccn1Cc1cccc(C)c1)c1ccccc1. The molecular weight excluding hydrogens is 372 g/mol. The summed E-state index contributed by atoms with van der Waals surface area (Å²) >= 11 is 0. The molecule has 1 heterocycles. The van der Waals surface area contributed by atoms with E-state index in [1.54, 1.807) is 7.11 Å². The van der Waals surface area contributed by atoms with E-state index >= 15 is 0 Å². The Balaban J connectivity index is 1.80. The first-order valence-corrected chi connectivity index (χ1v) is 10.6. The van der Waals surface area contributed by atoms with Crippen LogP contribution in [0.4, 0.5) is 0 Å². The van der Waals surface area contributed by atoms with Gasteiger partial charge in [0.15, 0.2) is 0 Å². The lowest BCUT2D eigenvalue weighted by Crippen LogP contribution is -2.37. The van der Waals surface area contributed by atoms with E-state index in [1.165, 1.54) is 11.1 Å². The van der Waals surface area contributed by atoms with Gasteiger partial charge in [0.1, 0.15) is 0 Å². The number of nitrogens with zero attached hydrogens (tertiary/aromatic N) is 2. The Morgan fingerprint density at radius 3 is 2.57 bits per heavy atom. The minimum Gasteiger partial charge on any atom is -0.383 e. The van der Waals surface area contributed by atoms with Crippen molar-refractivity contribution in [2.45, 2.75) is 39.3 Å². The molecule has 4 heteroatoms. The van der Waals surface area contributed by atoms with Crippen molar-refractivity contribution in [2.75, 3.05) is 20.3 Å². The molecule has 0 N–H and O–H groups in total. The maximum absolute atomic E-state index is 13.5. The summed E-state index contributed by atoms with van der Waals surface area (Å²) in [6.07, 6.45) is 2.86. The predicted octanol–water partition coefficient (Wildman–Crippen LogP) is 5.01. The highest BCUT2D eigenvalue weighted by Gasteiger charge is 2.25. The first-order valence-electron chi connectivity index (χ1n) is 10.6. The highest BCUT2D eigenvalue weighted by molar-refractivity contribution is 5.83. The summed E-state index contributed by atoms with van der Waals surface area (Å²) in [5.74, 6) is 0.0206. The smallest absolute Gasteiger partial charge is 0.230 e. The molecular formula is C26H32N2O2. The molecule has 0 saturated heterocycles. The van der Waals surface area contributed by atoms with Crippen molar-refractivity contribution >= 4 is 5.91 Å². The molecule has 1 aromatic heterocycles. The van der Waals surface area contributed by atoms with Crippen LogP contribution in [0, 0.1) is 6.92 Å². The fraction of sp³-hybridized carbons (Fsp3) is 0.346. The number of carbonyl (C=O) groups is 1. The minimum absolute atomic E-state index is 0.136. The number of methoxy groups -OCH3 is 1. The van der Waals surface area contributed by atoms with Gasteiger partial charge in [-0.25, -0.2) is 0 Å². The third-order valence-electron chi connectivity index (χ3n) is 5.50. The van der Waals surface area contributed by atoms with Gasteiger partial charge in [-0.05, 0) is 36.6 Å². The lowest BCUT2D eigenvalue weighted by molar-refractivity contribution is -0.134. The molecule has 0 radical (unpaired) electrons. The van der Waals surface area contributed by atoms with Crippen LogP contribution in [0.2, 0.25) is 0 Å². The average molecular weight is 405 g/mol. The normalized spacial score (nSPS) is 12.0. The van der Waals surface area contributed by atoms with Crippen LogP contribution in [-0.2, 0) is 22.6 Å². The quantitative estimate of drug-likeness (QED) is 0.476. The number of rotatable bonds is 10. The molecule has 3 aromatic rings. The topological polar surface area (TPSA) is 34.5 Å². The second-order valence-electron chi connectivity index (χ2n) is 7.74. The van der Waals surface area contributed by atoms with Gasteiger partial charge in [-0.2, -0.15) is 0 Å². The number of amides is 1. The monoisotopic (exact) mass is 404 g/mol. The molecule has 3 rings (SSSR count). The van der Waals surface area contributed by atoms with Crippen molar-refractivity contribution in [1.82, 2.24) is 9.47 Å². The molecule has 158 valence electrons. The summed E-state index contributed by atoms with van der Waals surface area (Å²) in [7, 11) is 1.68. The number of hydrogen-bond acceptors (Lipinski definition) is 2. The lowest BCUT2D eigenvalue weighted by Gasteiger charge is -2.27. The number of ether oxygens (including phenoxy) is 1. The van der Waals surface area contributed by atoms with Gasteiger partial charge in [-0.3, -0.25) is 4.79 Å². The molecule has 0 aliphatic heterocycles. The molecule has 0 aliphatic rings. The molecule has 4 nitrogen and oxygen atoms in total. The number of benzene rings is 2. The highest BCUT2D eigenvalue weighted by Crippen LogP contribution is 2.23. The zero-order chi connectivity index (χ0) is 21.3. The lowest BCUT2D eigenvalue weighted by atomic mass is 9.95. The van der Waals surface area contributed by atoms with Crippen LogP contribution in [0.5, 0.6) is 0 Å². The number of aromatic nitrogens is 1. The van der Waals surface area contributed by atoms with Crippen molar-refractivity contribution < 1.29 is 9.53 Å². The summed E-state index contributed by atoms with van der Waals surface area (Å²) in [6.45, 7) is 6.66. The molecule has 2 aromatic carbocycles. The van der Waals surface area contributed by atoms with Crippen molar-refractivity contribution in [2.24, 2.45) is 0 Å². The van der Waals surface area contributed by atoms with Gasteiger partial charge in [0.25, 0.3) is 0 Å². The highest BCUT2D eigenvalue weighted by atomic mass is 16.5. The van der Waals surface area contributed by atoms with E-state index in [4.69, 9.17) is 4.74 Å². The zero-order valence-electron chi connectivity index (χ0n) is 18.3. The summed E-state index contributed by atoms with van der Waals surface area (Å²) in [6, 6.07) is 22.8. The second-order valence-corrected chi connectivity index (χ2v) is 7.74. The molecule has 30 heavy (non-hydrogen) atoms. The Bertz CT molecular complexity index is 933. The molecule has 0 aliphatic carbocycles. The summed E-state index contributed by atoms with van der Waals surface area (Å²) in [5.41, 5.74) is 4.72. The molecule has 0 spiro atoms. The zero-order valence-corrected chi connectivity index (χ0v) is 18.3. The van der Waals surface area contributed by atoms with Crippen LogP contribution in [0.3, 0.4) is 0 Å². The minimum atomic E-state index is -0.136. The third kappa shape index (κ3) is 5.61. The van der Waals surface area contributed by atoms with Gasteiger partial charge in [-0.15, -0.1) is 0 Å². The molecule has 1 amide bonds. The Morgan fingerprint density at radius 2 is 1.87 bits per heavy atom. The first-order chi connectivity index (χ1) is 14.6. The van der Waals surface area contributed by atoms with E-state index in [-0.39, 0.29) is 11.8 Å². The van der Waals surface area contributed by atoms with E-state index in [2.05, 4.69) is 61.0 Å². The van der Waals surface area contributed by atoms with Gasteiger partial charge in [0, 0.05) is 32.1 Å². The number of aryl methyl sites for hydroxylation is 1. The Hall–Kier alpha value is -2.85. The molecule has 0 saturated carbocycles. The predicted molar refractivity (Wildman–Crippen MR) is 121 cm³/mol. The van der Waals surface area contributed by atoms with Gasteiger partial charge in [0.05, 0.1) is 19.1 Å². The van der Waals surface area contributed by atoms with Crippen LogP contribution in [0.25, 0.3) is 0 Å². The maximum atomic E-state index is 13.5. The van der Waals surface area contributed by atoms with Gasteiger partial charge < -0.3 is 14.2 Å². The van der Waals surface area contributed by atoms with Crippen molar-refractivity contribution in [3.63, 3.8) is 0 Å². The second kappa shape index (κ2) is 10.8. The number of carbonyl (C=O) groups excluding carboxylic acids is 1. The first kappa shape index (κ1) is 21.8. The van der Waals surface area contributed by atoms with E-state index in [0.29, 0.717) is 19.7 Å². The van der Waals surface area contributed by atoms with E-state index in [9.17, 15) is 4.79 Å². The van der Waals surface area contributed by atoms with Crippen LogP contribution in [-0.4, -0.2) is 35.6 Å². The fourth-order valence-electron chi connectivity index (χ4n) is 3.88. The fourth-order valence-corrected chi connectivity index (χ4v) is 3.88. The molecule has 1 atom stereocenters. The molecule has 0 bridgehead atoms. The average Bonchev–Trinajstić information content (AvgIpc) is 3.18. The summed E-state index contributed by atoms with van der Waals surface area (Å²) in [5, 5.41) is 0. The number of hydrogen-bond donors (Lipinski definition) is 0. The van der Waals surface area contributed by atoms with E-state index in [0.717, 1.165) is 24.2 Å². The van der Waals surface area contributed by atoms with Crippen molar-refractivity contribution in [3.8, 4) is 0 Å². The molecule has 1 unspecified atom stereocenters. The van der Waals surface area contributed by atoms with Crippen molar-refractivity contribution in [1.29, 1.82) is 0 Å². The van der Waals surface area contributed by atoms with Crippen LogP contribution < -0.4 is 0 Å². The van der Waals surface area contributed by atoms with Crippen LogP contribution in [0.1, 0.15) is 41.6 Å². The Morgan fingerprint density at radius 1 is 1.07 bits per heavy atom. The van der Waals surface area contributed by atoms with E-state index < -0.39 is 0 Å². The molecule has 0 fully saturated rings. The largest absolute Gasteiger partial charge is 0.383 e. The summed E-state index contributed by atoms with van der Waals surface area (Å²) in [4.78, 5) is 15.4. The van der Waals surface area contributed by atoms with Crippen LogP contribution >= 0.6 is 0 Å². The van der Waals surface area contributed by atoms with Gasteiger partial charge >= 0.3 is 0 Å². The van der Waals surface area contributed by atoms with Crippen molar-refractivity contribution in [3.05, 3.63) is 95.3 Å². The van der Waals surface area contributed by atoms with Gasteiger partial charge in [-0.1, -0.05) is 67.1 Å². The maximum Gasteiger partial charge on any atom is 0.230 e. The van der Waals surface area contributed by atoms with Crippen LogP contribution in [0.15, 0.2) is 72.9 Å². The van der Waals surface area contributed by atoms with Gasteiger partial charge in [0.2, 0.25) is 5.91 Å². The Kier molecular flexibility index (Phi) is 7.86. The Labute approximate surface area is 180 Å². The standard InChI is InChI=1S/C26H32N2O2/c1-4-25(23-12-6-5-7-13-23)26(29)28(16-17-30-3)20-24-14-9-15-27(24)19-22-11-8-10-21(2)18-22/h5-15,18,25H,4,16-17,19-20H2,1-3H3. The summed E-state index contributed by atoms with van der Waals surface area (Å²) < 4.78 is 7.53.